The fourth-order valence-corrected chi connectivity index (χ4v) is 5.44. The van der Waals surface area contributed by atoms with E-state index in [1.54, 1.807) is 4.57 Å². The maximum atomic E-state index is 13.6. The zero-order valence-electron chi connectivity index (χ0n) is 20.4. The summed E-state index contributed by atoms with van der Waals surface area (Å²) in [6, 6.07) is 1.31. The van der Waals surface area contributed by atoms with Gasteiger partial charge in [-0.3, -0.25) is 19.8 Å². The minimum atomic E-state index is -1.65. The Kier molecular flexibility index (Phi) is 7.06. The quantitative estimate of drug-likeness (QED) is 0.135. The van der Waals surface area contributed by atoms with Gasteiger partial charge in [-0.2, -0.15) is 0 Å². The van der Waals surface area contributed by atoms with E-state index in [4.69, 9.17) is 10.8 Å². The molecule has 0 spiro atoms. The highest BCUT2D eigenvalue weighted by Crippen LogP contribution is 2.54. The van der Waals surface area contributed by atoms with E-state index in [0.29, 0.717) is 37.1 Å². The van der Waals surface area contributed by atoms with Crippen molar-refractivity contribution in [3.8, 4) is 0 Å². The average molecular weight is 534 g/mol. The van der Waals surface area contributed by atoms with Crippen LogP contribution < -0.4 is 10.6 Å². The number of halogens is 3. The van der Waals surface area contributed by atoms with Crippen molar-refractivity contribution < 1.29 is 27.6 Å². The number of carbonyl (C=O) groups is 3. The number of nitrogens with zero attached hydrogens (tertiary/aromatic N) is 1. The van der Waals surface area contributed by atoms with Crippen LogP contribution in [0.15, 0.2) is 12.1 Å². The predicted octanol–water partition coefficient (Wildman–Crippen LogP) is 4.76. The van der Waals surface area contributed by atoms with E-state index < -0.39 is 40.6 Å². The van der Waals surface area contributed by atoms with E-state index in [-0.39, 0.29) is 39.5 Å². The van der Waals surface area contributed by atoms with Gasteiger partial charge in [-0.25, -0.2) is 13.2 Å². The lowest BCUT2D eigenvalue weighted by Crippen LogP contribution is -2.45. The van der Waals surface area contributed by atoms with Crippen LogP contribution in [0.2, 0.25) is 0 Å². The molecule has 2 heterocycles. The number of amides is 2. The number of ketones is 1. The molecule has 1 aliphatic heterocycles. The van der Waals surface area contributed by atoms with Gasteiger partial charge in [0.15, 0.2) is 17.5 Å². The molecule has 4 N–H and O–H groups in total. The molecular formula is C25H26F3N5O3S. The van der Waals surface area contributed by atoms with Crippen LogP contribution in [0.1, 0.15) is 71.3 Å². The third-order valence-corrected chi connectivity index (χ3v) is 7.57. The number of nitrogens with one attached hydrogen (secondary N) is 4. The molecule has 37 heavy (non-hydrogen) atoms. The second kappa shape index (κ2) is 9.81. The Bertz CT molecular complexity index is 1330. The van der Waals surface area contributed by atoms with Crippen LogP contribution >= 0.6 is 11.8 Å². The number of hydrogen-bond acceptors (Lipinski definition) is 6. The molecule has 2 aliphatic carbocycles. The summed E-state index contributed by atoms with van der Waals surface area (Å²) < 4.78 is 42.2. The first-order valence-electron chi connectivity index (χ1n) is 11.9. The number of benzene rings is 1. The molecule has 1 aromatic heterocycles. The Morgan fingerprint density at radius 1 is 1.16 bits per heavy atom. The fourth-order valence-electron chi connectivity index (χ4n) is 4.85. The van der Waals surface area contributed by atoms with Gasteiger partial charge in [0.2, 0.25) is 0 Å². The highest BCUT2D eigenvalue weighted by atomic mass is 32.2. The summed E-state index contributed by atoms with van der Waals surface area (Å²) in [5.74, 6) is -6.78. The number of carbonyl (C=O) groups excluding carboxylic acids is 3. The van der Waals surface area contributed by atoms with E-state index in [0.717, 1.165) is 23.7 Å². The average Bonchev–Trinajstić information content (AvgIpc) is 3.75. The largest absolute Gasteiger partial charge is 0.338 e. The maximum Gasteiger partial charge on any atom is 0.293 e. The van der Waals surface area contributed by atoms with Crippen molar-refractivity contribution in [3.63, 3.8) is 0 Å². The van der Waals surface area contributed by atoms with Crippen molar-refractivity contribution in [1.82, 2.24) is 9.88 Å². The van der Waals surface area contributed by atoms with Gasteiger partial charge in [0, 0.05) is 29.6 Å². The summed E-state index contributed by atoms with van der Waals surface area (Å²) in [4.78, 5) is 39.2. The molecule has 2 saturated carbocycles. The minimum absolute atomic E-state index is 0.0114. The summed E-state index contributed by atoms with van der Waals surface area (Å²) in [6.45, 7) is 5.53. The molecule has 0 saturated heterocycles. The number of Topliss-reactive ketones (excluding diaryl/α,β-unsaturated/α-hetero) is 1. The number of aromatic nitrogens is 1. The SMILES string of the molecule is CC.Cc1c(C(=O)C(=O)NC2(C(=N)SC=N)CC2)c2n(c1C(=O)Nc1cc(F)c(F)c(F)c1)C1CC1C2. The molecule has 3 aliphatic rings. The van der Waals surface area contributed by atoms with Gasteiger partial charge in [0.1, 0.15) is 5.69 Å². The van der Waals surface area contributed by atoms with Crippen molar-refractivity contribution in [2.24, 2.45) is 5.92 Å². The highest BCUT2D eigenvalue weighted by Gasteiger charge is 2.52. The molecule has 8 nitrogen and oxygen atoms in total. The van der Waals surface area contributed by atoms with Crippen LogP contribution in [-0.2, 0) is 11.2 Å². The lowest BCUT2D eigenvalue weighted by molar-refractivity contribution is -0.117. The van der Waals surface area contributed by atoms with Gasteiger partial charge < -0.3 is 20.6 Å². The standard InChI is InChI=1S/C23H20F3N5O3S.C2H6/c1-9-16(19(32)21(34)30-23(2-3-23)22(28)35-8-27)15-5-10-4-14(10)31(15)18(9)20(33)29-11-6-12(24)17(26)13(25)7-11;1-2/h6-8,10,14,27-28H,2-5H2,1H3,(H,29,33)(H,30,34);1-2H3. The van der Waals surface area contributed by atoms with E-state index in [1.165, 1.54) is 6.92 Å². The van der Waals surface area contributed by atoms with Gasteiger partial charge in [-0.15, -0.1) is 0 Å². The Morgan fingerprint density at radius 2 is 1.78 bits per heavy atom. The van der Waals surface area contributed by atoms with Gasteiger partial charge in [-0.05, 0) is 44.1 Å². The zero-order chi connectivity index (χ0) is 27.2. The van der Waals surface area contributed by atoms with Gasteiger partial charge in [0.25, 0.3) is 17.6 Å². The van der Waals surface area contributed by atoms with E-state index in [1.807, 2.05) is 13.8 Å². The molecular weight excluding hydrogens is 507 g/mol. The fraction of sp³-hybridized carbons (Fsp3) is 0.400. The number of thioether (sulfide) groups is 1. The first-order chi connectivity index (χ1) is 17.6. The lowest BCUT2D eigenvalue weighted by atomic mass is 10.0. The van der Waals surface area contributed by atoms with Gasteiger partial charge >= 0.3 is 0 Å². The van der Waals surface area contributed by atoms with Crippen molar-refractivity contribution >= 4 is 45.6 Å². The van der Waals surface area contributed by atoms with Crippen LogP contribution in [0.5, 0.6) is 0 Å². The van der Waals surface area contributed by atoms with Crippen molar-refractivity contribution in [3.05, 3.63) is 52.1 Å². The first-order valence-corrected chi connectivity index (χ1v) is 12.8. The molecule has 1 aromatic carbocycles. The van der Waals surface area contributed by atoms with Gasteiger partial charge in [0.05, 0.1) is 21.7 Å². The first kappa shape index (κ1) is 26.6. The lowest BCUT2D eigenvalue weighted by Gasteiger charge is -2.16. The smallest absolute Gasteiger partial charge is 0.293 e. The van der Waals surface area contributed by atoms with Crippen molar-refractivity contribution in [2.75, 3.05) is 5.32 Å². The number of rotatable bonds is 7. The van der Waals surface area contributed by atoms with Gasteiger partial charge in [-0.1, -0.05) is 25.6 Å². The minimum Gasteiger partial charge on any atom is -0.338 e. The monoisotopic (exact) mass is 533 g/mol. The number of hydrogen-bond donors (Lipinski definition) is 4. The van der Waals surface area contributed by atoms with Crippen LogP contribution in [0.25, 0.3) is 0 Å². The third-order valence-electron chi connectivity index (χ3n) is 6.83. The number of anilines is 1. The van der Waals surface area contributed by atoms with Crippen molar-refractivity contribution in [1.29, 1.82) is 10.8 Å². The summed E-state index contributed by atoms with van der Waals surface area (Å²) >= 11 is 0.856. The van der Waals surface area contributed by atoms with Crippen LogP contribution in [0.3, 0.4) is 0 Å². The predicted molar refractivity (Wildman–Crippen MR) is 134 cm³/mol. The highest BCUT2D eigenvalue weighted by molar-refractivity contribution is 8.25. The summed E-state index contributed by atoms with van der Waals surface area (Å²) in [5, 5.41) is 20.3. The Balaban J connectivity index is 0.00000156. The molecule has 5 rings (SSSR count). The summed E-state index contributed by atoms with van der Waals surface area (Å²) in [6.07, 6.45) is 2.29. The van der Waals surface area contributed by atoms with E-state index in [9.17, 15) is 27.6 Å². The summed E-state index contributed by atoms with van der Waals surface area (Å²) in [5.41, 5.74) is 0.787. The van der Waals surface area contributed by atoms with E-state index in [2.05, 4.69) is 10.6 Å². The molecule has 0 bridgehead atoms. The van der Waals surface area contributed by atoms with Crippen LogP contribution in [-0.4, -0.2) is 38.3 Å². The third kappa shape index (κ3) is 4.58. The zero-order valence-corrected chi connectivity index (χ0v) is 21.2. The normalized spacial score (nSPS) is 19.5. The molecule has 2 unspecified atom stereocenters. The van der Waals surface area contributed by atoms with Crippen LogP contribution in [0, 0.1) is 41.1 Å². The molecule has 2 aromatic rings. The molecule has 12 heteroatoms. The van der Waals surface area contributed by atoms with Crippen LogP contribution in [0.4, 0.5) is 18.9 Å². The summed E-state index contributed by atoms with van der Waals surface area (Å²) in [7, 11) is 0. The Labute approximate surface area is 215 Å². The molecule has 2 amide bonds. The molecule has 2 atom stereocenters. The maximum absolute atomic E-state index is 13.6. The molecule has 196 valence electrons. The Morgan fingerprint density at radius 3 is 2.35 bits per heavy atom. The Hall–Kier alpha value is -3.41. The number of fused-ring (bicyclic) bond motifs is 3. The molecule has 0 radical (unpaired) electrons. The molecule has 2 fully saturated rings. The second-order valence-electron chi connectivity index (χ2n) is 9.07. The topological polar surface area (TPSA) is 128 Å². The second-order valence-corrected chi connectivity index (χ2v) is 9.95. The van der Waals surface area contributed by atoms with E-state index >= 15 is 0 Å². The van der Waals surface area contributed by atoms with Crippen molar-refractivity contribution in [2.45, 2.75) is 58.0 Å².